The van der Waals surface area contributed by atoms with Crippen molar-refractivity contribution in [2.24, 2.45) is 0 Å². The van der Waals surface area contributed by atoms with Crippen molar-refractivity contribution in [3.63, 3.8) is 0 Å². The number of nitrogens with zero attached hydrogens (tertiary/aromatic N) is 4. The zero-order valence-electron chi connectivity index (χ0n) is 10.5. The molecule has 0 radical (unpaired) electrons. The highest BCUT2D eigenvalue weighted by Gasteiger charge is 2.20. The molecule has 104 valence electrons. The molecule has 2 aromatic rings. The van der Waals surface area contributed by atoms with Crippen LogP contribution in [0, 0.1) is 24.0 Å². The van der Waals surface area contributed by atoms with Gasteiger partial charge in [-0.25, -0.2) is 9.48 Å². The van der Waals surface area contributed by atoms with Gasteiger partial charge in [-0.15, -0.1) is 5.10 Å². The summed E-state index contributed by atoms with van der Waals surface area (Å²) in [6.07, 6.45) is 0. The van der Waals surface area contributed by atoms with E-state index in [4.69, 9.17) is 16.7 Å². The Balaban J connectivity index is 2.62. The Morgan fingerprint density at radius 2 is 2.10 bits per heavy atom. The number of carbonyl (C=O) groups is 1. The average Bonchev–Trinajstić information content (AvgIpc) is 2.73. The molecule has 20 heavy (non-hydrogen) atoms. The van der Waals surface area contributed by atoms with Crippen LogP contribution in [-0.4, -0.2) is 31.0 Å². The van der Waals surface area contributed by atoms with Gasteiger partial charge in [-0.2, -0.15) is 0 Å². The largest absolute Gasteiger partial charge is 0.476 e. The summed E-state index contributed by atoms with van der Waals surface area (Å²) in [5.74, 6) is -1.19. The van der Waals surface area contributed by atoms with E-state index in [-0.39, 0.29) is 16.4 Å². The first-order valence-corrected chi connectivity index (χ1v) is 5.81. The highest BCUT2D eigenvalue weighted by molar-refractivity contribution is 6.32. The van der Waals surface area contributed by atoms with Gasteiger partial charge in [-0.3, -0.25) is 10.1 Å². The second-order valence-corrected chi connectivity index (χ2v) is 4.49. The van der Waals surface area contributed by atoms with E-state index in [0.717, 1.165) is 0 Å². The molecule has 0 saturated carbocycles. The first-order valence-electron chi connectivity index (χ1n) is 5.43. The molecule has 1 N–H and O–H groups in total. The normalized spacial score (nSPS) is 10.6. The molecular weight excluding hydrogens is 288 g/mol. The summed E-state index contributed by atoms with van der Waals surface area (Å²) >= 11 is 5.85. The fourth-order valence-electron chi connectivity index (χ4n) is 1.78. The number of rotatable bonds is 3. The Bertz CT molecular complexity index is 725. The van der Waals surface area contributed by atoms with E-state index in [0.29, 0.717) is 16.9 Å². The SMILES string of the molecule is Cc1cc([N+](=O)[O-])c(Cl)cc1-n1nnc(C(=O)O)c1C. The highest BCUT2D eigenvalue weighted by atomic mass is 35.5. The standard InChI is InChI=1S/C11H9ClN4O4/c1-5-3-9(16(19)20)7(12)4-8(5)15-6(2)10(11(17)18)13-14-15/h3-4H,1-2H3,(H,17,18). The second kappa shape index (κ2) is 4.89. The van der Waals surface area contributed by atoms with Gasteiger partial charge in [0.1, 0.15) is 5.02 Å². The van der Waals surface area contributed by atoms with Crippen molar-refractivity contribution in [3.05, 3.63) is 44.2 Å². The molecular formula is C11H9ClN4O4. The second-order valence-electron chi connectivity index (χ2n) is 4.09. The molecule has 0 aliphatic carbocycles. The van der Waals surface area contributed by atoms with Crippen LogP contribution in [-0.2, 0) is 0 Å². The number of carboxylic acid groups (broad SMARTS) is 1. The number of halogens is 1. The van der Waals surface area contributed by atoms with Gasteiger partial charge in [-0.05, 0) is 25.5 Å². The lowest BCUT2D eigenvalue weighted by atomic mass is 10.1. The van der Waals surface area contributed by atoms with Crippen molar-refractivity contribution in [3.8, 4) is 5.69 Å². The topological polar surface area (TPSA) is 111 Å². The van der Waals surface area contributed by atoms with E-state index in [1.54, 1.807) is 6.92 Å². The fourth-order valence-corrected chi connectivity index (χ4v) is 2.01. The molecule has 0 aliphatic heterocycles. The summed E-state index contributed by atoms with van der Waals surface area (Å²) in [5, 5.41) is 27.0. The summed E-state index contributed by atoms with van der Waals surface area (Å²) in [4.78, 5) is 21.1. The third-order valence-corrected chi connectivity index (χ3v) is 3.09. The first-order chi connectivity index (χ1) is 9.32. The third kappa shape index (κ3) is 2.21. The lowest BCUT2D eigenvalue weighted by Crippen LogP contribution is -2.05. The fraction of sp³-hybridized carbons (Fsp3) is 0.182. The van der Waals surface area contributed by atoms with Crippen LogP contribution < -0.4 is 0 Å². The van der Waals surface area contributed by atoms with Gasteiger partial charge >= 0.3 is 5.97 Å². The van der Waals surface area contributed by atoms with E-state index in [9.17, 15) is 14.9 Å². The van der Waals surface area contributed by atoms with Crippen LogP contribution in [0.5, 0.6) is 0 Å². The summed E-state index contributed by atoms with van der Waals surface area (Å²) in [6.45, 7) is 3.18. The van der Waals surface area contributed by atoms with Gasteiger partial charge in [0, 0.05) is 6.07 Å². The number of carboxylic acids is 1. The van der Waals surface area contributed by atoms with Gasteiger partial charge in [-0.1, -0.05) is 16.8 Å². The van der Waals surface area contributed by atoms with Crippen LogP contribution in [0.15, 0.2) is 12.1 Å². The van der Waals surface area contributed by atoms with Crippen LogP contribution in [0.3, 0.4) is 0 Å². The number of nitro benzene ring substituents is 1. The number of aromatic nitrogens is 3. The zero-order valence-corrected chi connectivity index (χ0v) is 11.2. The Morgan fingerprint density at radius 1 is 1.45 bits per heavy atom. The van der Waals surface area contributed by atoms with Gasteiger partial charge in [0.25, 0.3) is 5.69 Å². The molecule has 0 aliphatic rings. The Kier molecular flexibility index (Phi) is 3.41. The van der Waals surface area contributed by atoms with Crippen molar-refractivity contribution in [1.82, 2.24) is 15.0 Å². The monoisotopic (exact) mass is 296 g/mol. The Morgan fingerprint density at radius 3 is 2.60 bits per heavy atom. The number of aryl methyl sites for hydroxylation is 1. The number of nitro groups is 1. The van der Waals surface area contributed by atoms with E-state index in [1.807, 2.05) is 0 Å². The summed E-state index contributed by atoms with van der Waals surface area (Å²) in [6, 6.07) is 2.67. The third-order valence-electron chi connectivity index (χ3n) is 2.79. The number of aromatic carboxylic acids is 1. The van der Waals surface area contributed by atoms with E-state index < -0.39 is 10.9 Å². The molecule has 0 unspecified atom stereocenters. The minimum atomic E-state index is -1.19. The number of hydrogen-bond acceptors (Lipinski definition) is 5. The summed E-state index contributed by atoms with van der Waals surface area (Å²) in [5.41, 5.74) is 0.887. The van der Waals surface area contributed by atoms with Gasteiger partial charge in [0.2, 0.25) is 0 Å². The van der Waals surface area contributed by atoms with Gasteiger partial charge < -0.3 is 5.11 Å². The van der Waals surface area contributed by atoms with Gasteiger partial charge in [0.15, 0.2) is 5.69 Å². The lowest BCUT2D eigenvalue weighted by Gasteiger charge is -2.08. The quantitative estimate of drug-likeness (QED) is 0.686. The number of benzene rings is 1. The van der Waals surface area contributed by atoms with Crippen LogP contribution in [0.1, 0.15) is 21.7 Å². The average molecular weight is 297 g/mol. The number of hydrogen-bond donors (Lipinski definition) is 1. The molecule has 0 bridgehead atoms. The predicted octanol–water partition coefficient (Wildman–Crippen LogP) is 2.14. The van der Waals surface area contributed by atoms with E-state index >= 15 is 0 Å². The lowest BCUT2D eigenvalue weighted by molar-refractivity contribution is -0.384. The molecule has 0 amide bonds. The maximum absolute atomic E-state index is 10.9. The van der Waals surface area contributed by atoms with Crippen LogP contribution in [0.4, 0.5) is 5.69 Å². The predicted molar refractivity (Wildman–Crippen MR) is 69.5 cm³/mol. The maximum Gasteiger partial charge on any atom is 0.358 e. The highest BCUT2D eigenvalue weighted by Crippen LogP contribution is 2.30. The molecule has 0 fully saturated rings. The minimum Gasteiger partial charge on any atom is -0.476 e. The molecule has 9 heteroatoms. The Hall–Kier alpha value is -2.48. The molecule has 8 nitrogen and oxygen atoms in total. The molecule has 1 aromatic carbocycles. The van der Waals surface area contributed by atoms with Crippen molar-refractivity contribution < 1.29 is 14.8 Å². The van der Waals surface area contributed by atoms with Crippen molar-refractivity contribution >= 4 is 23.3 Å². The smallest absolute Gasteiger partial charge is 0.358 e. The van der Waals surface area contributed by atoms with E-state index in [1.165, 1.54) is 23.7 Å². The molecule has 2 rings (SSSR count). The van der Waals surface area contributed by atoms with Crippen LogP contribution >= 0.6 is 11.6 Å². The summed E-state index contributed by atoms with van der Waals surface area (Å²) < 4.78 is 1.29. The van der Waals surface area contributed by atoms with E-state index in [2.05, 4.69) is 10.3 Å². The summed E-state index contributed by atoms with van der Waals surface area (Å²) in [7, 11) is 0. The molecule has 0 atom stereocenters. The molecule has 0 spiro atoms. The molecule has 1 heterocycles. The van der Waals surface area contributed by atoms with Crippen molar-refractivity contribution in [2.45, 2.75) is 13.8 Å². The molecule has 1 aromatic heterocycles. The zero-order chi connectivity index (χ0) is 15.0. The minimum absolute atomic E-state index is 0.0534. The van der Waals surface area contributed by atoms with Crippen molar-refractivity contribution in [1.29, 1.82) is 0 Å². The molecule has 0 saturated heterocycles. The Labute approximate surface area is 117 Å². The van der Waals surface area contributed by atoms with Crippen LogP contribution in [0.2, 0.25) is 5.02 Å². The maximum atomic E-state index is 10.9. The van der Waals surface area contributed by atoms with Gasteiger partial charge in [0.05, 0.1) is 16.3 Å². The van der Waals surface area contributed by atoms with Crippen molar-refractivity contribution in [2.75, 3.05) is 0 Å². The first kappa shape index (κ1) is 13.9. The van der Waals surface area contributed by atoms with Crippen LogP contribution in [0.25, 0.3) is 5.69 Å².